The lowest BCUT2D eigenvalue weighted by molar-refractivity contribution is 0.211. The first kappa shape index (κ1) is 13.6. The molecule has 1 aromatic carbocycles. The van der Waals surface area contributed by atoms with Gasteiger partial charge in [-0.25, -0.2) is 4.98 Å². The van der Waals surface area contributed by atoms with Gasteiger partial charge in [0.05, 0.1) is 12.3 Å². The largest absolute Gasteiger partial charge is 0.383 e. The van der Waals surface area contributed by atoms with Gasteiger partial charge in [-0.2, -0.15) is 0 Å². The Balaban J connectivity index is 1.97. The summed E-state index contributed by atoms with van der Waals surface area (Å²) in [4.78, 5) is 6.16. The molecule has 0 bridgehead atoms. The fourth-order valence-corrected chi connectivity index (χ4v) is 4.02. The Morgan fingerprint density at radius 2 is 2.15 bits per heavy atom. The van der Waals surface area contributed by atoms with E-state index in [4.69, 9.17) is 9.72 Å². The van der Waals surface area contributed by atoms with E-state index in [2.05, 4.69) is 43.4 Å². The van der Waals surface area contributed by atoms with Crippen LogP contribution in [0.25, 0.3) is 11.3 Å². The number of methoxy groups -OCH3 is 1. The van der Waals surface area contributed by atoms with Crippen LogP contribution < -0.4 is 5.32 Å². The van der Waals surface area contributed by atoms with Gasteiger partial charge in [0.15, 0.2) is 5.13 Å². The normalized spacial score (nSPS) is 15.6. The number of ether oxygens (including phenoxy) is 1. The number of nitrogens with zero attached hydrogens (tertiary/aromatic N) is 1. The quantitative estimate of drug-likeness (QED) is 0.871. The molecule has 3 nitrogen and oxygen atoms in total. The zero-order valence-electron chi connectivity index (χ0n) is 12.2. The smallest absolute Gasteiger partial charge is 0.183 e. The summed E-state index contributed by atoms with van der Waals surface area (Å²) in [7, 11) is 1.72. The number of nitrogens with one attached hydrogen (secondary N) is 1. The van der Waals surface area contributed by atoms with E-state index in [-0.39, 0.29) is 5.41 Å². The van der Waals surface area contributed by atoms with Crippen LogP contribution in [0.15, 0.2) is 24.3 Å². The molecule has 1 aliphatic carbocycles. The van der Waals surface area contributed by atoms with Crippen molar-refractivity contribution in [3.63, 3.8) is 0 Å². The zero-order chi connectivity index (χ0) is 14.2. The Hall–Kier alpha value is -1.39. The van der Waals surface area contributed by atoms with Crippen molar-refractivity contribution in [3.05, 3.63) is 34.7 Å². The van der Waals surface area contributed by atoms with Crippen LogP contribution in [0.5, 0.6) is 0 Å². The molecule has 1 aliphatic rings. The van der Waals surface area contributed by atoms with Gasteiger partial charge in [0, 0.05) is 24.1 Å². The second-order valence-corrected chi connectivity index (χ2v) is 6.90. The molecular weight excluding hydrogens is 268 g/mol. The number of aromatic nitrogens is 1. The van der Waals surface area contributed by atoms with Crippen molar-refractivity contribution in [1.29, 1.82) is 0 Å². The van der Waals surface area contributed by atoms with Crippen molar-refractivity contribution in [3.8, 4) is 11.3 Å². The van der Waals surface area contributed by atoms with E-state index in [1.807, 2.05) is 0 Å². The van der Waals surface area contributed by atoms with Crippen LogP contribution in [-0.4, -0.2) is 25.2 Å². The second kappa shape index (κ2) is 5.19. The first-order valence-electron chi connectivity index (χ1n) is 6.94. The maximum atomic E-state index is 5.07. The number of fused-ring (bicyclic) bond motifs is 3. The van der Waals surface area contributed by atoms with E-state index in [9.17, 15) is 0 Å². The van der Waals surface area contributed by atoms with Gasteiger partial charge in [-0.3, -0.25) is 0 Å². The summed E-state index contributed by atoms with van der Waals surface area (Å²) in [6.45, 7) is 6.12. The van der Waals surface area contributed by atoms with Crippen LogP contribution in [0.1, 0.15) is 24.3 Å². The summed E-state index contributed by atoms with van der Waals surface area (Å²) < 4.78 is 5.07. The van der Waals surface area contributed by atoms with Crippen LogP contribution in [0.4, 0.5) is 5.13 Å². The Morgan fingerprint density at radius 3 is 2.95 bits per heavy atom. The average Bonchev–Trinajstić information content (AvgIpc) is 2.81. The standard InChI is InChI=1S/C16H20N2OS/c1-16(2)10-13-14(11-6-4-5-7-12(11)16)18-15(20-13)17-8-9-19-3/h4-7H,8-10H2,1-3H3,(H,17,18). The highest BCUT2D eigenvalue weighted by Crippen LogP contribution is 2.45. The Morgan fingerprint density at radius 1 is 1.35 bits per heavy atom. The minimum absolute atomic E-state index is 0.180. The number of rotatable bonds is 4. The molecule has 4 heteroatoms. The molecule has 0 aliphatic heterocycles. The number of hydrogen-bond acceptors (Lipinski definition) is 4. The summed E-state index contributed by atoms with van der Waals surface area (Å²) in [5, 5.41) is 4.34. The third-order valence-electron chi connectivity index (χ3n) is 3.79. The van der Waals surface area contributed by atoms with E-state index in [1.54, 1.807) is 18.4 Å². The molecule has 0 saturated carbocycles. The topological polar surface area (TPSA) is 34.1 Å². The highest BCUT2D eigenvalue weighted by molar-refractivity contribution is 7.16. The third-order valence-corrected chi connectivity index (χ3v) is 4.81. The molecule has 20 heavy (non-hydrogen) atoms. The Labute approximate surface area is 124 Å². The highest BCUT2D eigenvalue weighted by Gasteiger charge is 2.33. The van der Waals surface area contributed by atoms with Crippen molar-refractivity contribution in [1.82, 2.24) is 4.98 Å². The third kappa shape index (κ3) is 2.34. The number of anilines is 1. The van der Waals surface area contributed by atoms with Crippen LogP contribution in [0.2, 0.25) is 0 Å². The molecule has 0 atom stereocenters. The van der Waals surface area contributed by atoms with Gasteiger partial charge in [0.2, 0.25) is 0 Å². The summed E-state index contributed by atoms with van der Waals surface area (Å²) >= 11 is 1.77. The van der Waals surface area contributed by atoms with Crippen LogP contribution in [0.3, 0.4) is 0 Å². The molecule has 106 valence electrons. The van der Waals surface area contributed by atoms with Crippen molar-refractivity contribution >= 4 is 16.5 Å². The first-order chi connectivity index (χ1) is 9.62. The molecule has 0 unspecified atom stereocenters. The second-order valence-electron chi connectivity index (χ2n) is 5.82. The van der Waals surface area contributed by atoms with Crippen LogP contribution >= 0.6 is 11.3 Å². The first-order valence-corrected chi connectivity index (χ1v) is 7.76. The highest BCUT2D eigenvalue weighted by atomic mass is 32.1. The van der Waals surface area contributed by atoms with Gasteiger partial charge in [-0.05, 0) is 17.4 Å². The van der Waals surface area contributed by atoms with Crippen LogP contribution in [-0.2, 0) is 16.6 Å². The molecule has 0 amide bonds. The average molecular weight is 288 g/mol. The van der Waals surface area contributed by atoms with E-state index in [0.717, 1.165) is 23.8 Å². The fourth-order valence-electron chi connectivity index (χ4n) is 2.79. The Bertz CT molecular complexity index is 619. The molecule has 2 aromatic rings. The predicted octanol–water partition coefficient (Wildman–Crippen LogP) is 3.70. The molecular formula is C16H20N2OS. The lowest BCUT2D eigenvalue weighted by Crippen LogP contribution is -2.24. The van der Waals surface area contributed by atoms with Crippen molar-refractivity contribution in [2.24, 2.45) is 0 Å². The summed E-state index contributed by atoms with van der Waals surface area (Å²) in [6, 6.07) is 8.64. The molecule has 0 radical (unpaired) electrons. The lowest BCUT2D eigenvalue weighted by Gasteiger charge is -2.31. The van der Waals surface area contributed by atoms with Crippen LogP contribution in [0, 0.1) is 0 Å². The summed E-state index contributed by atoms with van der Waals surface area (Å²) in [6.07, 6.45) is 1.06. The maximum absolute atomic E-state index is 5.07. The molecule has 1 heterocycles. The van der Waals surface area contributed by atoms with Gasteiger partial charge in [-0.15, -0.1) is 11.3 Å². The van der Waals surface area contributed by atoms with Gasteiger partial charge in [0.1, 0.15) is 0 Å². The SMILES string of the molecule is COCCNc1nc2c(s1)CC(C)(C)c1ccccc1-2. The zero-order valence-corrected chi connectivity index (χ0v) is 13.0. The number of hydrogen-bond donors (Lipinski definition) is 1. The molecule has 1 N–H and O–H groups in total. The minimum Gasteiger partial charge on any atom is -0.383 e. The molecule has 0 saturated heterocycles. The van der Waals surface area contributed by atoms with Crippen molar-refractivity contribution < 1.29 is 4.74 Å². The minimum atomic E-state index is 0.180. The lowest BCUT2D eigenvalue weighted by atomic mass is 9.74. The van der Waals surface area contributed by atoms with Gasteiger partial charge in [-0.1, -0.05) is 38.1 Å². The van der Waals surface area contributed by atoms with Crippen molar-refractivity contribution in [2.75, 3.05) is 25.6 Å². The molecule has 0 spiro atoms. The summed E-state index contributed by atoms with van der Waals surface area (Å²) in [5.41, 5.74) is 4.03. The predicted molar refractivity (Wildman–Crippen MR) is 84.6 cm³/mol. The van der Waals surface area contributed by atoms with Gasteiger partial charge < -0.3 is 10.1 Å². The van der Waals surface area contributed by atoms with E-state index >= 15 is 0 Å². The van der Waals surface area contributed by atoms with Crippen molar-refractivity contribution in [2.45, 2.75) is 25.7 Å². The van der Waals surface area contributed by atoms with Gasteiger partial charge >= 0.3 is 0 Å². The van der Waals surface area contributed by atoms with Gasteiger partial charge in [0.25, 0.3) is 0 Å². The van der Waals surface area contributed by atoms with E-state index in [0.29, 0.717) is 6.61 Å². The monoisotopic (exact) mass is 288 g/mol. The molecule has 3 rings (SSSR count). The number of thiazole rings is 1. The molecule has 1 aromatic heterocycles. The maximum Gasteiger partial charge on any atom is 0.183 e. The van der Waals surface area contributed by atoms with E-state index < -0.39 is 0 Å². The summed E-state index contributed by atoms with van der Waals surface area (Å²) in [5.74, 6) is 0. The molecule has 0 fully saturated rings. The Kier molecular flexibility index (Phi) is 3.52. The number of benzene rings is 1. The fraction of sp³-hybridized carbons (Fsp3) is 0.438. The van der Waals surface area contributed by atoms with E-state index in [1.165, 1.54) is 16.0 Å².